The Morgan fingerprint density at radius 3 is 2.50 bits per heavy atom. The van der Waals surface area contributed by atoms with Crippen molar-refractivity contribution in [1.82, 2.24) is 0 Å². The van der Waals surface area contributed by atoms with E-state index in [0.29, 0.717) is 11.3 Å². The third-order valence-corrected chi connectivity index (χ3v) is 3.32. The van der Waals surface area contributed by atoms with Crippen LogP contribution in [-0.4, -0.2) is 5.91 Å². The van der Waals surface area contributed by atoms with Gasteiger partial charge in [0.2, 0.25) is 0 Å². The van der Waals surface area contributed by atoms with Gasteiger partial charge in [0, 0.05) is 15.7 Å². The molecular weight excluding hydrogens is 294 g/mol. The second kappa shape index (κ2) is 4.98. The summed E-state index contributed by atoms with van der Waals surface area (Å²) in [6.45, 7) is 5.60. The molecule has 1 aromatic carbocycles. The minimum absolute atomic E-state index is 0.135. The van der Waals surface area contributed by atoms with Gasteiger partial charge in [0.1, 0.15) is 5.76 Å². The third-order valence-electron chi connectivity index (χ3n) is 2.82. The van der Waals surface area contributed by atoms with Crippen LogP contribution in [0, 0.1) is 20.8 Å². The van der Waals surface area contributed by atoms with Gasteiger partial charge in [-0.3, -0.25) is 4.79 Å². The average Bonchev–Trinajstić information content (AvgIpc) is 2.62. The van der Waals surface area contributed by atoms with Gasteiger partial charge in [-0.2, -0.15) is 0 Å². The first-order valence-corrected chi connectivity index (χ1v) is 6.40. The van der Waals surface area contributed by atoms with Crippen molar-refractivity contribution in [3.05, 3.63) is 51.4 Å². The topological polar surface area (TPSA) is 42.2 Å². The first-order valence-electron chi connectivity index (χ1n) is 5.61. The molecule has 1 aromatic heterocycles. The monoisotopic (exact) mass is 307 g/mol. The van der Waals surface area contributed by atoms with Crippen molar-refractivity contribution in [2.45, 2.75) is 20.8 Å². The zero-order valence-electron chi connectivity index (χ0n) is 10.5. The van der Waals surface area contributed by atoms with Crippen molar-refractivity contribution in [1.29, 1.82) is 0 Å². The van der Waals surface area contributed by atoms with Crippen molar-refractivity contribution in [3.63, 3.8) is 0 Å². The van der Waals surface area contributed by atoms with E-state index in [1.807, 2.05) is 32.0 Å². The number of rotatable bonds is 2. The number of amides is 1. The average molecular weight is 308 g/mol. The Labute approximate surface area is 114 Å². The van der Waals surface area contributed by atoms with Gasteiger partial charge in [-0.15, -0.1) is 0 Å². The van der Waals surface area contributed by atoms with E-state index in [1.54, 1.807) is 13.2 Å². The van der Waals surface area contributed by atoms with Crippen LogP contribution < -0.4 is 5.32 Å². The summed E-state index contributed by atoms with van der Waals surface area (Å²) >= 11 is 3.40. The van der Waals surface area contributed by atoms with Crippen molar-refractivity contribution < 1.29 is 9.21 Å². The molecule has 0 fully saturated rings. The van der Waals surface area contributed by atoms with Crippen LogP contribution >= 0.6 is 15.9 Å². The van der Waals surface area contributed by atoms with Crippen molar-refractivity contribution in [3.8, 4) is 0 Å². The summed E-state index contributed by atoms with van der Waals surface area (Å²) in [5.74, 6) is 0.504. The molecule has 0 aliphatic carbocycles. The van der Waals surface area contributed by atoms with E-state index in [1.165, 1.54) is 0 Å². The van der Waals surface area contributed by atoms with Crippen LogP contribution in [0.15, 0.2) is 33.4 Å². The quantitative estimate of drug-likeness (QED) is 0.902. The number of halogens is 1. The summed E-state index contributed by atoms with van der Waals surface area (Å²) in [6, 6.07) is 5.74. The van der Waals surface area contributed by atoms with Crippen LogP contribution in [0.2, 0.25) is 0 Å². The molecule has 0 bridgehead atoms. The van der Waals surface area contributed by atoms with Crippen LogP contribution in [0.3, 0.4) is 0 Å². The summed E-state index contributed by atoms with van der Waals surface area (Å²) in [4.78, 5) is 12.2. The Bertz CT molecular complexity index is 582. The van der Waals surface area contributed by atoms with Crippen LogP contribution in [0.25, 0.3) is 0 Å². The van der Waals surface area contributed by atoms with Gasteiger partial charge >= 0.3 is 0 Å². The zero-order valence-corrected chi connectivity index (χ0v) is 12.1. The Kier molecular flexibility index (Phi) is 3.57. The normalized spacial score (nSPS) is 10.4. The predicted octanol–water partition coefficient (Wildman–Crippen LogP) is 4.22. The predicted molar refractivity (Wildman–Crippen MR) is 75.0 cm³/mol. The van der Waals surface area contributed by atoms with Crippen molar-refractivity contribution in [2.75, 3.05) is 5.32 Å². The molecule has 1 heterocycles. The minimum atomic E-state index is -0.135. The molecular formula is C14H14BrNO2. The van der Waals surface area contributed by atoms with Gasteiger partial charge in [-0.1, -0.05) is 15.9 Å². The summed E-state index contributed by atoms with van der Waals surface area (Å²) in [5, 5.41) is 2.90. The Morgan fingerprint density at radius 2 is 1.94 bits per heavy atom. The first-order chi connectivity index (χ1) is 8.49. The van der Waals surface area contributed by atoms with Gasteiger partial charge in [-0.25, -0.2) is 0 Å². The fraction of sp³-hybridized carbons (Fsp3) is 0.214. The maximum atomic E-state index is 12.2. The van der Waals surface area contributed by atoms with E-state index in [-0.39, 0.29) is 5.91 Å². The Morgan fingerprint density at radius 1 is 1.22 bits per heavy atom. The van der Waals surface area contributed by atoms with Crippen LogP contribution in [0.5, 0.6) is 0 Å². The van der Waals surface area contributed by atoms with E-state index >= 15 is 0 Å². The Hall–Kier alpha value is -1.55. The largest absolute Gasteiger partial charge is 0.469 e. The molecule has 2 rings (SSSR count). The molecule has 2 aromatic rings. The molecule has 0 atom stereocenters. The van der Waals surface area contributed by atoms with Crippen LogP contribution in [0.1, 0.15) is 27.2 Å². The Balaban J connectivity index is 2.27. The fourth-order valence-corrected chi connectivity index (χ4v) is 2.34. The zero-order chi connectivity index (χ0) is 13.3. The summed E-state index contributed by atoms with van der Waals surface area (Å²) < 4.78 is 6.23. The molecule has 0 saturated carbocycles. The maximum Gasteiger partial charge on any atom is 0.259 e. The highest BCUT2D eigenvalue weighted by Crippen LogP contribution is 2.22. The van der Waals surface area contributed by atoms with Crippen LogP contribution in [0.4, 0.5) is 5.69 Å². The molecule has 0 saturated heterocycles. The number of hydrogen-bond donors (Lipinski definition) is 1. The number of nitrogens with one attached hydrogen (secondary N) is 1. The maximum absolute atomic E-state index is 12.2. The lowest BCUT2D eigenvalue weighted by Gasteiger charge is -2.08. The number of anilines is 1. The standard InChI is InChI=1S/C14H14BrNO2/c1-8-6-11(15)4-5-12(8)16-14(17)13-9(2)7-18-10(13)3/h4-7H,1-3H3,(H,16,17). The number of carbonyl (C=O) groups is 1. The lowest BCUT2D eigenvalue weighted by Crippen LogP contribution is -2.14. The van der Waals surface area contributed by atoms with E-state index in [4.69, 9.17) is 4.42 Å². The third kappa shape index (κ3) is 2.48. The van der Waals surface area contributed by atoms with Crippen LogP contribution in [-0.2, 0) is 0 Å². The summed E-state index contributed by atoms with van der Waals surface area (Å²) in [7, 11) is 0. The summed E-state index contributed by atoms with van der Waals surface area (Å²) in [6.07, 6.45) is 1.60. The number of furan rings is 1. The van der Waals surface area contributed by atoms with Crippen molar-refractivity contribution in [2.24, 2.45) is 0 Å². The molecule has 0 unspecified atom stereocenters. The molecule has 0 aliphatic heterocycles. The van der Waals surface area contributed by atoms with Gasteiger partial charge in [0.15, 0.2) is 0 Å². The molecule has 0 aliphatic rings. The van der Waals surface area contributed by atoms with E-state index in [9.17, 15) is 4.79 Å². The van der Waals surface area contributed by atoms with Gasteiger partial charge in [0.05, 0.1) is 11.8 Å². The van der Waals surface area contributed by atoms with Crippen molar-refractivity contribution >= 4 is 27.5 Å². The second-order valence-electron chi connectivity index (χ2n) is 4.26. The second-order valence-corrected chi connectivity index (χ2v) is 5.18. The lowest BCUT2D eigenvalue weighted by molar-refractivity contribution is 0.102. The van der Waals surface area contributed by atoms with E-state index in [2.05, 4.69) is 21.2 Å². The molecule has 18 heavy (non-hydrogen) atoms. The SMILES string of the molecule is Cc1cc(Br)ccc1NC(=O)c1c(C)coc1C. The number of aryl methyl sites for hydroxylation is 3. The van der Waals surface area contributed by atoms with E-state index in [0.717, 1.165) is 21.3 Å². The molecule has 0 spiro atoms. The molecule has 1 N–H and O–H groups in total. The highest BCUT2D eigenvalue weighted by Gasteiger charge is 2.16. The molecule has 1 amide bonds. The number of carbonyl (C=O) groups excluding carboxylic acids is 1. The minimum Gasteiger partial charge on any atom is -0.469 e. The number of hydrogen-bond acceptors (Lipinski definition) is 2. The number of benzene rings is 1. The smallest absolute Gasteiger partial charge is 0.259 e. The molecule has 94 valence electrons. The fourth-order valence-electron chi connectivity index (χ4n) is 1.86. The molecule has 3 nitrogen and oxygen atoms in total. The van der Waals surface area contributed by atoms with Gasteiger partial charge in [0.25, 0.3) is 5.91 Å². The lowest BCUT2D eigenvalue weighted by atomic mass is 10.1. The first kappa shape index (κ1) is 12.9. The summed E-state index contributed by atoms with van der Waals surface area (Å²) in [5.41, 5.74) is 3.27. The highest BCUT2D eigenvalue weighted by atomic mass is 79.9. The molecule has 4 heteroatoms. The van der Waals surface area contributed by atoms with E-state index < -0.39 is 0 Å². The van der Waals surface area contributed by atoms with Gasteiger partial charge < -0.3 is 9.73 Å². The highest BCUT2D eigenvalue weighted by molar-refractivity contribution is 9.10. The van der Waals surface area contributed by atoms with Gasteiger partial charge in [-0.05, 0) is 44.5 Å². The molecule has 0 radical (unpaired) electrons.